The standard InChI is InChI=1S/C15H24BNO3/c1-5-12-13(8-10-7-11(18)6-9(10)2)20-15(3,4)17(12)14(16)19/h9-10,12-13H,5-8H2,1-4H3/t9?,10?,12-,13+/m0/s1. The van der Waals surface area contributed by atoms with Crippen molar-refractivity contribution in [2.45, 2.75) is 71.2 Å². The van der Waals surface area contributed by atoms with E-state index < -0.39 is 11.5 Å². The first-order valence-corrected chi connectivity index (χ1v) is 7.54. The van der Waals surface area contributed by atoms with Crippen molar-refractivity contribution in [1.29, 1.82) is 0 Å². The number of rotatable bonds is 3. The minimum Gasteiger partial charge on any atom is -0.351 e. The normalized spacial score (nSPS) is 36.6. The quantitative estimate of drug-likeness (QED) is 0.744. The van der Waals surface area contributed by atoms with E-state index in [9.17, 15) is 9.59 Å². The predicted molar refractivity (Wildman–Crippen MR) is 77.5 cm³/mol. The van der Waals surface area contributed by atoms with Gasteiger partial charge in [-0.15, -0.1) is 0 Å². The Morgan fingerprint density at radius 1 is 1.45 bits per heavy atom. The summed E-state index contributed by atoms with van der Waals surface area (Å²) in [5.74, 6) is 0.694. The lowest BCUT2D eigenvalue weighted by atomic mass is 9.88. The largest absolute Gasteiger partial charge is 0.351 e. The number of hydrogen-bond donors (Lipinski definition) is 0. The average molecular weight is 277 g/mol. The van der Waals surface area contributed by atoms with Crippen LogP contribution in [0.2, 0.25) is 0 Å². The van der Waals surface area contributed by atoms with Gasteiger partial charge in [0.2, 0.25) is 7.85 Å². The molecule has 1 amide bonds. The Labute approximate surface area is 122 Å². The zero-order valence-corrected chi connectivity index (χ0v) is 12.9. The molecule has 0 aromatic heterocycles. The fraction of sp³-hybridized carbons (Fsp3) is 0.867. The molecule has 1 aliphatic heterocycles. The minimum absolute atomic E-state index is 0.00500. The molecule has 2 aliphatic rings. The van der Waals surface area contributed by atoms with Gasteiger partial charge >= 0.3 is 0 Å². The van der Waals surface area contributed by atoms with Gasteiger partial charge < -0.3 is 9.64 Å². The second-order valence-corrected chi connectivity index (χ2v) is 6.71. The van der Waals surface area contributed by atoms with Crippen LogP contribution in [0.4, 0.5) is 4.79 Å². The second-order valence-electron chi connectivity index (χ2n) is 6.71. The van der Waals surface area contributed by atoms with Crippen LogP contribution < -0.4 is 0 Å². The van der Waals surface area contributed by atoms with Crippen LogP contribution in [-0.4, -0.2) is 42.2 Å². The number of hydrogen-bond acceptors (Lipinski definition) is 3. The number of nitrogens with zero attached hydrogens (tertiary/aromatic N) is 1. The van der Waals surface area contributed by atoms with Gasteiger partial charge in [-0.2, -0.15) is 0 Å². The van der Waals surface area contributed by atoms with Gasteiger partial charge in [0.05, 0.1) is 12.1 Å². The molecule has 2 fully saturated rings. The topological polar surface area (TPSA) is 46.6 Å². The molecule has 0 spiro atoms. The van der Waals surface area contributed by atoms with Crippen LogP contribution >= 0.6 is 0 Å². The third kappa shape index (κ3) is 2.78. The van der Waals surface area contributed by atoms with Crippen molar-refractivity contribution in [3.05, 3.63) is 0 Å². The van der Waals surface area contributed by atoms with Gasteiger partial charge in [-0.25, -0.2) is 0 Å². The molecule has 0 N–H and O–H groups in total. The van der Waals surface area contributed by atoms with E-state index in [-0.39, 0.29) is 12.1 Å². The summed E-state index contributed by atoms with van der Waals surface area (Å²) in [6.45, 7) is 7.93. The summed E-state index contributed by atoms with van der Waals surface area (Å²) >= 11 is 0. The van der Waals surface area contributed by atoms with Gasteiger partial charge in [-0.3, -0.25) is 9.59 Å². The molecule has 1 saturated carbocycles. The summed E-state index contributed by atoms with van der Waals surface area (Å²) in [6, 6.07) is 0.00500. The van der Waals surface area contributed by atoms with Crippen LogP contribution in [0.1, 0.15) is 53.4 Å². The molecule has 2 radical (unpaired) electrons. The Hall–Kier alpha value is -0.835. The molecule has 1 heterocycles. The Morgan fingerprint density at radius 3 is 2.55 bits per heavy atom. The molecular formula is C15H24BNO3. The van der Waals surface area contributed by atoms with E-state index in [1.807, 2.05) is 20.8 Å². The molecule has 20 heavy (non-hydrogen) atoms. The fourth-order valence-corrected chi connectivity index (χ4v) is 3.87. The average Bonchev–Trinajstić information content (AvgIpc) is 2.75. The molecule has 4 nitrogen and oxygen atoms in total. The highest BCUT2D eigenvalue weighted by Crippen LogP contribution is 2.40. The highest BCUT2D eigenvalue weighted by Gasteiger charge is 2.48. The smallest absolute Gasteiger partial charge is 0.200 e. The van der Waals surface area contributed by atoms with Crippen LogP contribution in [0.5, 0.6) is 0 Å². The summed E-state index contributed by atoms with van der Waals surface area (Å²) in [7, 11) is 5.51. The molecule has 0 bridgehead atoms. The number of amides is 1. The van der Waals surface area contributed by atoms with Crippen molar-refractivity contribution < 1.29 is 14.3 Å². The van der Waals surface area contributed by atoms with Gasteiger partial charge in [-0.1, -0.05) is 13.8 Å². The van der Waals surface area contributed by atoms with E-state index >= 15 is 0 Å². The lowest BCUT2D eigenvalue weighted by Gasteiger charge is -2.33. The first kappa shape index (κ1) is 15.6. The van der Waals surface area contributed by atoms with Crippen molar-refractivity contribution in [2.75, 3.05) is 0 Å². The SMILES string of the molecule is [B]C(=O)N1[C@@H](CC)[C@@H](CC2CC(=O)CC2C)OC1(C)C. The molecular weight excluding hydrogens is 253 g/mol. The third-order valence-electron chi connectivity index (χ3n) is 4.82. The fourth-order valence-electron chi connectivity index (χ4n) is 3.87. The van der Waals surface area contributed by atoms with Crippen molar-refractivity contribution in [1.82, 2.24) is 4.90 Å². The van der Waals surface area contributed by atoms with E-state index in [1.165, 1.54) is 0 Å². The highest BCUT2D eigenvalue weighted by molar-refractivity contribution is 6.57. The number of carbonyl (C=O) groups is 2. The molecule has 2 rings (SSSR count). The number of Topliss-reactive ketones (excluding diaryl/α,β-unsaturated/α-hetero) is 1. The first-order chi connectivity index (χ1) is 9.26. The van der Waals surface area contributed by atoms with Crippen molar-refractivity contribution >= 4 is 19.4 Å². The monoisotopic (exact) mass is 277 g/mol. The Balaban J connectivity index is 2.12. The molecule has 5 heteroatoms. The second kappa shape index (κ2) is 5.51. The van der Waals surface area contributed by atoms with Gasteiger partial charge in [0.1, 0.15) is 11.5 Å². The Morgan fingerprint density at radius 2 is 2.10 bits per heavy atom. The van der Waals surface area contributed by atoms with Crippen molar-refractivity contribution in [3.8, 4) is 0 Å². The molecule has 4 atom stereocenters. The van der Waals surface area contributed by atoms with Crippen LogP contribution in [0.3, 0.4) is 0 Å². The summed E-state index contributed by atoms with van der Waals surface area (Å²) in [6.07, 6.45) is 2.94. The van der Waals surface area contributed by atoms with E-state index in [0.717, 1.165) is 12.8 Å². The number of carbonyl (C=O) groups excluding carboxylic acids is 2. The van der Waals surface area contributed by atoms with Crippen LogP contribution in [0.15, 0.2) is 0 Å². The van der Waals surface area contributed by atoms with Gasteiger partial charge in [0, 0.05) is 12.8 Å². The summed E-state index contributed by atoms with van der Waals surface area (Å²) in [4.78, 5) is 24.9. The minimum atomic E-state index is -0.664. The Kier molecular flexibility index (Phi) is 4.28. The van der Waals surface area contributed by atoms with E-state index in [4.69, 9.17) is 12.6 Å². The van der Waals surface area contributed by atoms with Crippen LogP contribution in [0.25, 0.3) is 0 Å². The maximum Gasteiger partial charge on any atom is 0.200 e. The zero-order valence-electron chi connectivity index (χ0n) is 12.9. The third-order valence-corrected chi connectivity index (χ3v) is 4.82. The lowest BCUT2D eigenvalue weighted by molar-refractivity contribution is -0.117. The maximum atomic E-state index is 11.7. The van der Waals surface area contributed by atoms with E-state index in [1.54, 1.807) is 4.90 Å². The summed E-state index contributed by atoms with van der Waals surface area (Å²) in [5.41, 5.74) is -0.664. The van der Waals surface area contributed by atoms with E-state index in [2.05, 4.69) is 6.92 Å². The van der Waals surface area contributed by atoms with Crippen LogP contribution in [-0.2, 0) is 9.53 Å². The molecule has 0 aromatic carbocycles. The Bertz CT molecular complexity index is 410. The first-order valence-electron chi connectivity index (χ1n) is 7.54. The zero-order chi connectivity index (χ0) is 15.1. The molecule has 2 unspecified atom stereocenters. The molecule has 1 saturated heterocycles. The van der Waals surface area contributed by atoms with Crippen molar-refractivity contribution in [2.24, 2.45) is 11.8 Å². The maximum absolute atomic E-state index is 11.7. The van der Waals surface area contributed by atoms with E-state index in [0.29, 0.717) is 30.5 Å². The predicted octanol–water partition coefficient (Wildman–Crippen LogP) is 2.50. The number of ether oxygens (including phenoxy) is 1. The van der Waals surface area contributed by atoms with Gasteiger partial charge in [0.15, 0.2) is 5.81 Å². The highest BCUT2D eigenvalue weighted by atomic mass is 16.5. The molecule has 1 aliphatic carbocycles. The van der Waals surface area contributed by atoms with Gasteiger partial charge in [0.25, 0.3) is 0 Å². The summed E-state index contributed by atoms with van der Waals surface area (Å²) in [5, 5.41) is 0. The summed E-state index contributed by atoms with van der Waals surface area (Å²) < 4.78 is 6.09. The molecule has 110 valence electrons. The van der Waals surface area contributed by atoms with Crippen LogP contribution in [0, 0.1) is 11.8 Å². The van der Waals surface area contributed by atoms with Gasteiger partial charge in [-0.05, 0) is 38.5 Å². The molecule has 0 aromatic rings. The number of ketones is 1. The van der Waals surface area contributed by atoms with Crippen molar-refractivity contribution in [3.63, 3.8) is 0 Å². The lowest BCUT2D eigenvalue weighted by Crippen LogP contribution is -2.47.